The molecule has 0 aliphatic carbocycles. The highest BCUT2D eigenvalue weighted by atomic mass is 35.5. The fourth-order valence-corrected chi connectivity index (χ4v) is 3.89. The van der Waals surface area contributed by atoms with E-state index >= 15 is 0 Å². The van der Waals surface area contributed by atoms with Gasteiger partial charge >= 0.3 is 0 Å². The van der Waals surface area contributed by atoms with Crippen molar-refractivity contribution in [3.8, 4) is 0 Å². The van der Waals surface area contributed by atoms with E-state index in [0.29, 0.717) is 29.2 Å². The first kappa shape index (κ1) is 20.3. The molecule has 1 heterocycles. The van der Waals surface area contributed by atoms with Crippen molar-refractivity contribution in [2.24, 2.45) is 0 Å². The fourth-order valence-electron chi connectivity index (χ4n) is 3.68. The van der Waals surface area contributed by atoms with Gasteiger partial charge in [-0.2, -0.15) is 0 Å². The lowest BCUT2D eigenvalue weighted by Gasteiger charge is -2.44. The van der Waals surface area contributed by atoms with E-state index < -0.39 is 5.91 Å². The predicted molar refractivity (Wildman–Crippen MR) is 108 cm³/mol. The third-order valence-electron chi connectivity index (χ3n) is 5.18. The number of carbonyl (C=O) groups is 2. The molecule has 1 saturated heterocycles. The zero-order valence-corrected chi connectivity index (χ0v) is 16.7. The van der Waals surface area contributed by atoms with Gasteiger partial charge in [-0.25, -0.2) is 5.48 Å². The van der Waals surface area contributed by atoms with Gasteiger partial charge in [-0.3, -0.25) is 19.7 Å². The van der Waals surface area contributed by atoms with Crippen molar-refractivity contribution in [3.05, 3.63) is 70.2 Å². The van der Waals surface area contributed by atoms with E-state index in [1.165, 1.54) is 0 Å². The molecular formula is C21H24ClN3O3. The SMILES string of the molecule is CC1CN(C(=O)c2ccccc2Cl)CC(C)N1Cc1ccc(C(=O)NO)cc1. The first-order chi connectivity index (χ1) is 13.4. The van der Waals surface area contributed by atoms with E-state index in [4.69, 9.17) is 16.8 Å². The zero-order valence-electron chi connectivity index (χ0n) is 15.9. The Morgan fingerprint density at radius 2 is 1.68 bits per heavy atom. The maximum Gasteiger partial charge on any atom is 0.274 e. The van der Waals surface area contributed by atoms with Crippen LogP contribution in [0.1, 0.15) is 40.1 Å². The Morgan fingerprint density at radius 3 is 2.25 bits per heavy atom. The predicted octanol–water partition coefficient (Wildman–Crippen LogP) is 3.19. The number of amides is 2. The molecule has 0 radical (unpaired) electrons. The summed E-state index contributed by atoms with van der Waals surface area (Å²) in [5.74, 6) is -0.566. The highest BCUT2D eigenvalue weighted by Gasteiger charge is 2.32. The van der Waals surface area contributed by atoms with Crippen LogP contribution in [0.15, 0.2) is 48.5 Å². The Balaban J connectivity index is 1.67. The first-order valence-corrected chi connectivity index (χ1v) is 9.61. The smallest absolute Gasteiger partial charge is 0.274 e. The van der Waals surface area contributed by atoms with Gasteiger partial charge in [-0.1, -0.05) is 35.9 Å². The molecular weight excluding hydrogens is 378 g/mol. The Bertz CT molecular complexity index is 844. The van der Waals surface area contributed by atoms with Crippen LogP contribution in [0.2, 0.25) is 5.02 Å². The molecule has 0 aromatic heterocycles. The highest BCUT2D eigenvalue weighted by Crippen LogP contribution is 2.23. The summed E-state index contributed by atoms with van der Waals surface area (Å²) in [4.78, 5) is 28.5. The largest absolute Gasteiger partial charge is 0.335 e. The third kappa shape index (κ3) is 4.35. The van der Waals surface area contributed by atoms with Crippen molar-refractivity contribution in [1.82, 2.24) is 15.3 Å². The summed E-state index contributed by atoms with van der Waals surface area (Å²) < 4.78 is 0. The Kier molecular flexibility index (Phi) is 6.34. The molecule has 148 valence electrons. The van der Waals surface area contributed by atoms with Crippen LogP contribution < -0.4 is 5.48 Å². The molecule has 2 atom stereocenters. The molecule has 1 fully saturated rings. The van der Waals surface area contributed by atoms with E-state index in [-0.39, 0.29) is 18.0 Å². The van der Waals surface area contributed by atoms with Gasteiger partial charge in [0, 0.05) is 37.3 Å². The van der Waals surface area contributed by atoms with E-state index in [1.807, 2.05) is 29.2 Å². The molecule has 2 aromatic carbocycles. The van der Waals surface area contributed by atoms with Crippen LogP contribution in [0.5, 0.6) is 0 Å². The van der Waals surface area contributed by atoms with Gasteiger partial charge in [0.25, 0.3) is 11.8 Å². The Hall–Kier alpha value is -2.41. The van der Waals surface area contributed by atoms with Gasteiger partial charge in [0.15, 0.2) is 0 Å². The van der Waals surface area contributed by atoms with Crippen molar-refractivity contribution < 1.29 is 14.8 Å². The number of rotatable bonds is 4. The number of hydrogen-bond acceptors (Lipinski definition) is 4. The number of halogens is 1. The van der Waals surface area contributed by atoms with Crippen molar-refractivity contribution >= 4 is 23.4 Å². The Labute approximate surface area is 169 Å². The molecule has 3 rings (SSSR count). The number of carbonyl (C=O) groups excluding carboxylic acids is 2. The summed E-state index contributed by atoms with van der Waals surface area (Å²) in [6.07, 6.45) is 0. The number of benzene rings is 2. The lowest BCUT2D eigenvalue weighted by Crippen LogP contribution is -2.57. The van der Waals surface area contributed by atoms with E-state index in [1.54, 1.807) is 29.7 Å². The van der Waals surface area contributed by atoms with E-state index in [2.05, 4.69) is 18.7 Å². The van der Waals surface area contributed by atoms with Crippen molar-refractivity contribution in [2.45, 2.75) is 32.5 Å². The maximum absolute atomic E-state index is 12.9. The zero-order chi connectivity index (χ0) is 20.3. The van der Waals surface area contributed by atoms with Crippen LogP contribution in [0, 0.1) is 0 Å². The molecule has 2 N–H and O–H groups in total. The van der Waals surface area contributed by atoms with Crippen LogP contribution in [0.3, 0.4) is 0 Å². The van der Waals surface area contributed by atoms with Gasteiger partial charge in [-0.05, 0) is 43.7 Å². The number of hydroxylamine groups is 1. The molecule has 28 heavy (non-hydrogen) atoms. The minimum atomic E-state index is -0.528. The highest BCUT2D eigenvalue weighted by molar-refractivity contribution is 6.33. The molecule has 2 amide bonds. The topological polar surface area (TPSA) is 72.9 Å². The number of piperazine rings is 1. The summed E-state index contributed by atoms with van der Waals surface area (Å²) in [6.45, 7) is 6.18. The second kappa shape index (κ2) is 8.73. The monoisotopic (exact) mass is 401 g/mol. The van der Waals surface area contributed by atoms with Crippen LogP contribution in [-0.2, 0) is 6.54 Å². The van der Waals surface area contributed by atoms with Gasteiger partial charge in [0.1, 0.15) is 0 Å². The third-order valence-corrected chi connectivity index (χ3v) is 5.51. The minimum Gasteiger partial charge on any atom is -0.335 e. The van der Waals surface area contributed by atoms with Crippen LogP contribution in [0.25, 0.3) is 0 Å². The maximum atomic E-state index is 12.9. The number of nitrogens with one attached hydrogen (secondary N) is 1. The normalized spacial score (nSPS) is 20.1. The fraction of sp³-hybridized carbons (Fsp3) is 0.333. The summed E-state index contributed by atoms with van der Waals surface area (Å²) in [6, 6.07) is 14.6. The lowest BCUT2D eigenvalue weighted by molar-refractivity contribution is 0.0270. The molecule has 2 unspecified atom stereocenters. The molecule has 7 heteroatoms. The molecule has 0 spiro atoms. The van der Waals surface area contributed by atoms with Crippen LogP contribution in [0.4, 0.5) is 0 Å². The van der Waals surface area contributed by atoms with Crippen LogP contribution in [-0.4, -0.2) is 52.0 Å². The standard InChI is InChI=1S/C21H24ClN3O3/c1-14-11-24(21(27)18-5-3-4-6-19(18)22)12-15(2)25(14)13-16-7-9-17(10-8-16)20(26)23-28/h3-10,14-15,28H,11-13H2,1-2H3,(H,23,26). The van der Waals surface area contributed by atoms with Gasteiger partial charge in [0.2, 0.25) is 0 Å². The summed E-state index contributed by atoms with van der Waals surface area (Å²) >= 11 is 6.19. The van der Waals surface area contributed by atoms with Gasteiger partial charge < -0.3 is 4.90 Å². The second-order valence-corrected chi connectivity index (χ2v) is 7.61. The van der Waals surface area contributed by atoms with Gasteiger partial charge in [-0.15, -0.1) is 0 Å². The molecule has 1 aliphatic heterocycles. The average Bonchev–Trinajstić information content (AvgIpc) is 2.70. The molecule has 1 aliphatic rings. The van der Waals surface area contributed by atoms with Crippen LogP contribution >= 0.6 is 11.6 Å². The quantitative estimate of drug-likeness (QED) is 0.609. The number of hydrogen-bond donors (Lipinski definition) is 2. The Morgan fingerprint density at radius 1 is 1.07 bits per heavy atom. The molecule has 0 bridgehead atoms. The summed E-state index contributed by atoms with van der Waals surface area (Å²) in [7, 11) is 0. The first-order valence-electron chi connectivity index (χ1n) is 9.23. The summed E-state index contributed by atoms with van der Waals surface area (Å²) in [5.41, 5.74) is 3.64. The summed E-state index contributed by atoms with van der Waals surface area (Å²) in [5, 5.41) is 9.18. The molecule has 6 nitrogen and oxygen atoms in total. The van der Waals surface area contributed by atoms with E-state index in [0.717, 1.165) is 12.1 Å². The van der Waals surface area contributed by atoms with Crippen molar-refractivity contribution in [2.75, 3.05) is 13.1 Å². The van der Waals surface area contributed by atoms with Crippen molar-refractivity contribution in [3.63, 3.8) is 0 Å². The van der Waals surface area contributed by atoms with Gasteiger partial charge in [0.05, 0.1) is 10.6 Å². The molecule has 0 saturated carbocycles. The van der Waals surface area contributed by atoms with Crippen molar-refractivity contribution in [1.29, 1.82) is 0 Å². The minimum absolute atomic E-state index is 0.0386. The van der Waals surface area contributed by atoms with E-state index in [9.17, 15) is 9.59 Å². The molecule has 2 aromatic rings. The number of nitrogens with zero attached hydrogens (tertiary/aromatic N) is 2. The lowest BCUT2D eigenvalue weighted by atomic mass is 10.0. The average molecular weight is 402 g/mol. The second-order valence-electron chi connectivity index (χ2n) is 7.20.